The second kappa shape index (κ2) is 8.14. The van der Waals surface area contributed by atoms with Crippen LogP contribution in [0.25, 0.3) is 0 Å². The van der Waals surface area contributed by atoms with E-state index in [2.05, 4.69) is 10.3 Å². The Morgan fingerprint density at radius 3 is 2.59 bits per heavy atom. The van der Waals surface area contributed by atoms with Gasteiger partial charge < -0.3 is 15.0 Å². The fourth-order valence-electron chi connectivity index (χ4n) is 2.11. The van der Waals surface area contributed by atoms with E-state index >= 15 is 0 Å². The van der Waals surface area contributed by atoms with Gasteiger partial charge in [-0.05, 0) is 31.2 Å². The number of carbonyl (C=O) groups excluding carboxylic acids is 1. The smallest absolute Gasteiger partial charge is 0.276 e. The Balaban J connectivity index is 2.08. The highest BCUT2D eigenvalue weighted by Gasteiger charge is 2.16. The van der Waals surface area contributed by atoms with Crippen LogP contribution in [0.15, 0.2) is 48.7 Å². The maximum atomic E-state index is 12.6. The zero-order valence-electron chi connectivity index (χ0n) is 13.0. The third kappa shape index (κ3) is 4.05. The van der Waals surface area contributed by atoms with Crippen LogP contribution in [0.3, 0.4) is 0 Å². The molecular formula is C17H21N3O2. The van der Waals surface area contributed by atoms with Gasteiger partial charge >= 0.3 is 0 Å². The Hall–Kier alpha value is -2.40. The van der Waals surface area contributed by atoms with E-state index < -0.39 is 0 Å². The maximum absolute atomic E-state index is 12.6. The highest BCUT2D eigenvalue weighted by Crippen LogP contribution is 2.16. The van der Waals surface area contributed by atoms with Crippen LogP contribution >= 0.6 is 0 Å². The zero-order valence-corrected chi connectivity index (χ0v) is 13.0. The molecule has 5 heteroatoms. The molecule has 0 saturated carbocycles. The molecule has 0 fully saturated rings. The monoisotopic (exact) mass is 299 g/mol. The first kappa shape index (κ1) is 16.0. The molecule has 1 aromatic heterocycles. The van der Waals surface area contributed by atoms with Crippen LogP contribution in [0.5, 0.6) is 0 Å². The lowest BCUT2D eigenvalue weighted by atomic mass is 10.2. The molecule has 1 N–H and O–H groups in total. The Morgan fingerprint density at radius 2 is 2.00 bits per heavy atom. The van der Waals surface area contributed by atoms with Crippen LogP contribution in [-0.2, 0) is 4.74 Å². The molecule has 0 aliphatic carbocycles. The lowest BCUT2D eigenvalue weighted by molar-refractivity contribution is 0.0983. The number of hydrogen-bond acceptors (Lipinski definition) is 4. The number of anilines is 2. The van der Waals surface area contributed by atoms with E-state index in [0.29, 0.717) is 25.4 Å². The quantitative estimate of drug-likeness (QED) is 0.799. The van der Waals surface area contributed by atoms with Gasteiger partial charge in [0.25, 0.3) is 5.91 Å². The van der Waals surface area contributed by atoms with Crippen LogP contribution in [0, 0.1) is 0 Å². The Kier molecular flexibility index (Phi) is 5.91. The van der Waals surface area contributed by atoms with Gasteiger partial charge in [0.05, 0.1) is 18.5 Å². The molecular weight excluding hydrogens is 278 g/mol. The molecule has 1 amide bonds. The summed E-state index contributed by atoms with van der Waals surface area (Å²) in [6, 6.07) is 13.2. The van der Waals surface area contributed by atoms with Crippen molar-refractivity contribution >= 4 is 17.3 Å². The van der Waals surface area contributed by atoms with Crippen LogP contribution < -0.4 is 10.2 Å². The van der Waals surface area contributed by atoms with Crippen LogP contribution in [0.1, 0.15) is 17.4 Å². The van der Waals surface area contributed by atoms with Gasteiger partial charge in [-0.1, -0.05) is 18.2 Å². The number of ether oxygens (including phenoxy) is 1. The number of methoxy groups -OCH3 is 1. The van der Waals surface area contributed by atoms with Gasteiger partial charge in [-0.15, -0.1) is 0 Å². The summed E-state index contributed by atoms with van der Waals surface area (Å²) in [4.78, 5) is 18.5. The van der Waals surface area contributed by atoms with Gasteiger partial charge in [0.2, 0.25) is 0 Å². The summed E-state index contributed by atoms with van der Waals surface area (Å²) in [6.45, 7) is 3.87. The molecule has 1 heterocycles. The number of para-hydroxylation sites is 1. The first-order valence-electron chi connectivity index (χ1n) is 7.32. The molecule has 0 aliphatic rings. The van der Waals surface area contributed by atoms with Gasteiger partial charge in [-0.3, -0.25) is 4.79 Å². The van der Waals surface area contributed by atoms with E-state index in [1.165, 1.54) is 0 Å². The summed E-state index contributed by atoms with van der Waals surface area (Å²) in [5.74, 6) is -0.0999. The Bertz CT molecular complexity index is 585. The number of amides is 1. The number of nitrogens with zero attached hydrogens (tertiary/aromatic N) is 2. The number of nitrogens with one attached hydrogen (secondary N) is 1. The summed E-state index contributed by atoms with van der Waals surface area (Å²) in [5.41, 5.74) is 2.18. The lowest BCUT2D eigenvalue weighted by Gasteiger charge is -2.20. The average molecular weight is 299 g/mol. The summed E-state index contributed by atoms with van der Waals surface area (Å²) in [6.07, 6.45) is 1.67. The maximum Gasteiger partial charge on any atom is 0.276 e. The standard InChI is InChI=1S/C17H21N3O2/c1-3-20(15-7-5-4-6-8-15)17(21)16-10-9-14(13-19-16)18-11-12-22-2/h4-10,13,18H,3,11-12H2,1-2H3. The van der Waals surface area contributed by atoms with Gasteiger partial charge in [0, 0.05) is 25.9 Å². The molecule has 5 nitrogen and oxygen atoms in total. The van der Waals surface area contributed by atoms with E-state index in [1.54, 1.807) is 24.3 Å². The van der Waals surface area contributed by atoms with Crippen LogP contribution in [0.2, 0.25) is 0 Å². The predicted octanol–water partition coefficient (Wildman–Crippen LogP) is 2.81. The molecule has 2 rings (SSSR count). The highest BCUT2D eigenvalue weighted by atomic mass is 16.5. The molecule has 0 unspecified atom stereocenters. The van der Waals surface area contributed by atoms with Gasteiger partial charge in [0.1, 0.15) is 5.69 Å². The molecule has 0 radical (unpaired) electrons. The molecule has 0 saturated heterocycles. The normalized spacial score (nSPS) is 10.3. The van der Waals surface area contributed by atoms with Gasteiger partial charge in [-0.25, -0.2) is 4.98 Å². The number of aromatic nitrogens is 1. The summed E-state index contributed by atoms with van der Waals surface area (Å²) in [5, 5.41) is 3.17. The summed E-state index contributed by atoms with van der Waals surface area (Å²) in [7, 11) is 1.66. The minimum absolute atomic E-state index is 0.0999. The van der Waals surface area contributed by atoms with Crippen LogP contribution in [0.4, 0.5) is 11.4 Å². The van der Waals surface area contributed by atoms with Gasteiger partial charge in [-0.2, -0.15) is 0 Å². The van der Waals surface area contributed by atoms with Crippen molar-refractivity contribution in [1.29, 1.82) is 0 Å². The second-order valence-electron chi connectivity index (χ2n) is 4.74. The van der Waals surface area contributed by atoms with E-state index in [0.717, 1.165) is 11.4 Å². The Morgan fingerprint density at radius 1 is 1.23 bits per heavy atom. The first-order valence-corrected chi connectivity index (χ1v) is 7.32. The number of hydrogen-bond donors (Lipinski definition) is 1. The van der Waals surface area contributed by atoms with E-state index in [4.69, 9.17) is 4.74 Å². The topological polar surface area (TPSA) is 54.5 Å². The first-order chi connectivity index (χ1) is 10.8. The molecule has 1 aromatic carbocycles. The minimum Gasteiger partial charge on any atom is -0.383 e. The van der Waals surface area contributed by atoms with Crippen molar-refractivity contribution in [3.8, 4) is 0 Å². The number of pyridine rings is 1. The molecule has 0 atom stereocenters. The largest absolute Gasteiger partial charge is 0.383 e. The van der Waals surface area contributed by atoms with Crippen molar-refractivity contribution in [2.45, 2.75) is 6.92 Å². The van der Waals surface area contributed by atoms with E-state index in [9.17, 15) is 4.79 Å². The van der Waals surface area contributed by atoms with Crippen molar-refractivity contribution in [2.75, 3.05) is 37.0 Å². The SMILES string of the molecule is CCN(C(=O)c1ccc(NCCOC)cn1)c1ccccc1. The molecule has 2 aromatic rings. The number of benzene rings is 1. The zero-order chi connectivity index (χ0) is 15.8. The van der Waals surface area contributed by atoms with Gasteiger partial charge in [0.15, 0.2) is 0 Å². The fraction of sp³-hybridized carbons (Fsp3) is 0.294. The molecule has 0 bridgehead atoms. The lowest BCUT2D eigenvalue weighted by Crippen LogP contribution is -2.31. The fourth-order valence-corrected chi connectivity index (χ4v) is 2.11. The average Bonchev–Trinajstić information content (AvgIpc) is 2.57. The predicted molar refractivity (Wildman–Crippen MR) is 88.4 cm³/mol. The van der Waals surface area contributed by atoms with Crippen molar-refractivity contribution in [2.24, 2.45) is 0 Å². The van der Waals surface area contributed by atoms with Crippen molar-refractivity contribution in [3.63, 3.8) is 0 Å². The van der Waals surface area contributed by atoms with Crippen molar-refractivity contribution in [3.05, 3.63) is 54.4 Å². The molecule has 116 valence electrons. The number of carbonyl (C=O) groups is 1. The third-order valence-corrected chi connectivity index (χ3v) is 3.25. The Labute approximate surface area is 130 Å². The van der Waals surface area contributed by atoms with Crippen molar-refractivity contribution in [1.82, 2.24) is 4.98 Å². The van der Waals surface area contributed by atoms with Crippen molar-refractivity contribution < 1.29 is 9.53 Å². The summed E-state index contributed by atoms with van der Waals surface area (Å²) < 4.78 is 4.98. The van der Waals surface area contributed by atoms with E-state index in [-0.39, 0.29) is 5.91 Å². The third-order valence-electron chi connectivity index (χ3n) is 3.25. The molecule has 22 heavy (non-hydrogen) atoms. The molecule has 0 spiro atoms. The molecule has 0 aliphatic heterocycles. The summed E-state index contributed by atoms with van der Waals surface area (Å²) >= 11 is 0. The number of rotatable bonds is 7. The van der Waals surface area contributed by atoms with E-state index in [1.807, 2.05) is 43.3 Å². The van der Waals surface area contributed by atoms with Crippen LogP contribution in [-0.4, -0.2) is 37.7 Å². The second-order valence-corrected chi connectivity index (χ2v) is 4.74. The minimum atomic E-state index is -0.0999. The highest BCUT2D eigenvalue weighted by molar-refractivity contribution is 6.04.